The van der Waals surface area contributed by atoms with Gasteiger partial charge in [-0.3, -0.25) is 9.69 Å². The van der Waals surface area contributed by atoms with Crippen LogP contribution in [0.2, 0.25) is 5.02 Å². The van der Waals surface area contributed by atoms with Gasteiger partial charge in [0.15, 0.2) is 5.13 Å². The maximum atomic E-state index is 13.5. The summed E-state index contributed by atoms with van der Waals surface area (Å²) in [6, 6.07) is 11.1. The Labute approximate surface area is 154 Å². The van der Waals surface area contributed by atoms with Crippen molar-refractivity contribution in [2.45, 2.75) is 0 Å². The molecule has 1 aromatic heterocycles. The van der Waals surface area contributed by atoms with E-state index < -0.39 is 5.82 Å². The monoisotopic (exact) mass is 377 g/mol. The van der Waals surface area contributed by atoms with Crippen molar-refractivity contribution in [3.8, 4) is 0 Å². The van der Waals surface area contributed by atoms with Gasteiger partial charge in [0.05, 0.1) is 10.2 Å². The molecule has 0 saturated carbocycles. The van der Waals surface area contributed by atoms with Crippen LogP contribution in [0.1, 0.15) is 10.4 Å². The third kappa shape index (κ3) is 4.15. The van der Waals surface area contributed by atoms with Gasteiger partial charge in [-0.1, -0.05) is 29.0 Å². The first-order chi connectivity index (χ1) is 11.9. The van der Waals surface area contributed by atoms with E-state index in [0.29, 0.717) is 28.8 Å². The maximum Gasteiger partial charge on any atom is 0.260 e. The highest BCUT2D eigenvalue weighted by atomic mass is 35.5. The second kappa shape index (κ2) is 7.47. The minimum Gasteiger partial charge on any atom is -0.308 e. The first kappa shape index (κ1) is 17.8. The summed E-state index contributed by atoms with van der Waals surface area (Å²) in [6.07, 6.45) is 0. The van der Waals surface area contributed by atoms with Gasteiger partial charge in [-0.2, -0.15) is 0 Å². The van der Waals surface area contributed by atoms with Crippen LogP contribution in [0, 0.1) is 5.82 Å². The molecule has 0 aliphatic rings. The van der Waals surface area contributed by atoms with Crippen LogP contribution in [0.15, 0.2) is 42.5 Å². The second-order valence-electron chi connectivity index (χ2n) is 5.88. The number of likely N-dealkylation sites (N-methyl/N-ethyl adjacent to an activating group) is 1. The number of thiazole rings is 1. The number of halogens is 2. The second-order valence-corrected chi connectivity index (χ2v) is 7.32. The molecule has 0 N–H and O–H groups in total. The predicted octanol–water partition coefficient (Wildman–Crippen LogP) is 4.30. The van der Waals surface area contributed by atoms with Crippen molar-refractivity contribution in [1.82, 2.24) is 9.88 Å². The van der Waals surface area contributed by atoms with E-state index in [1.807, 2.05) is 31.1 Å². The van der Waals surface area contributed by atoms with E-state index in [1.165, 1.54) is 29.5 Å². The van der Waals surface area contributed by atoms with E-state index in [4.69, 9.17) is 11.6 Å². The molecule has 25 heavy (non-hydrogen) atoms. The van der Waals surface area contributed by atoms with Crippen LogP contribution < -0.4 is 4.90 Å². The molecule has 0 spiro atoms. The van der Waals surface area contributed by atoms with Gasteiger partial charge in [0.25, 0.3) is 5.91 Å². The van der Waals surface area contributed by atoms with Crippen molar-refractivity contribution in [3.05, 3.63) is 58.9 Å². The molecule has 0 saturated heterocycles. The summed E-state index contributed by atoms with van der Waals surface area (Å²) in [6.45, 7) is 1.12. The van der Waals surface area contributed by atoms with E-state index in [9.17, 15) is 9.18 Å². The number of hydrogen-bond acceptors (Lipinski definition) is 4. The number of anilines is 1. The van der Waals surface area contributed by atoms with Gasteiger partial charge >= 0.3 is 0 Å². The number of hydrogen-bond donors (Lipinski definition) is 0. The summed E-state index contributed by atoms with van der Waals surface area (Å²) >= 11 is 7.43. The van der Waals surface area contributed by atoms with Crippen LogP contribution in [0.3, 0.4) is 0 Å². The number of amides is 1. The minimum atomic E-state index is -0.436. The van der Waals surface area contributed by atoms with Gasteiger partial charge in [-0.05, 0) is 50.5 Å². The Kier molecular flexibility index (Phi) is 5.32. The molecule has 7 heteroatoms. The molecule has 3 rings (SSSR count). The van der Waals surface area contributed by atoms with Crippen LogP contribution in [0.4, 0.5) is 9.52 Å². The van der Waals surface area contributed by atoms with Gasteiger partial charge < -0.3 is 4.90 Å². The van der Waals surface area contributed by atoms with Crippen molar-refractivity contribution in [2.24, 2.45) is 0 Å². The van der Waals surface area contributed by atoms with Crippen LogP contribution in [-0.2, 0) is 0 Å². The fourth-order valence-electron chi connectivity index (χ4n) is 2.36. The van der Waals surface area contributed by atoms with Gasteiger partial charge in [-0.25, -0.2) is 9.37 Å². The third-order valence-electron chi connectivity index (χ3n) is 3.66. The lowest BCUT2D eigenvalue weighted by Crippen LogP contribution is -2.36. The first-order valence-corrected chi connectivity index (χ1v) is 8.92. The highest BCUT2D eigenvalue weighted by Crippen LogP contribution is 2.31. The average Bonchev–Trinajstić information content (AvgIpc) is 2.97. The number of carbonyl (C=O) groups excluding carboxylic acids is 1. The molecule has 0 aliphatic carbocycles. The summed E-state index contributed by atoms with van der Waals surface area (Å²) in [4.78, 5) is 21.1. The van der Waals surface area contributed by atoms with Crippen LogP contribution in [-0.4, -0.2) is 43.0 Å². The lowest BCUT2D eigenvalue weighted by Gasteiger charge is -2.22. The predicted molar refractivity (Wildman–Crippen MR) is 101 cm³/mol. The van der Waals surface area contributed by atoms with Gasteiger partial charge in [0, 0.05) is 23.7 Å². The average molecular weight is 378 g/mol. The Hall–Kier alpha value is -2.02. The molecule has 0 bridgehead atoms. The molecular weight excluding hydrogens is 361 g/mol. The van der Waals surface area contributed by atoms with Gasteiger partial charge in [0.2, 0.25) is 0 Å². The summed E-state index contributed by atoms with van der Waals surface area (Å²) < 4.78 is 14.4. The summed E-state index contributed by atoms with van der Waals surface area (Å²) in [5, 5.41) is 1.20. The van der Waals surface area contributed by atoms with Crippen molar-refractivity contribution in [2.75, 3.05) is 32.1 Å². The molecule has 2 aromatic carbocycles. The minimum absolute atomic E-state index is 0.272. The summed E-state index contributed by atoms with van der Waals surface area (Å²) in [5.74, 6) is -0.707. The molecule has 130 valence electrons. The zero-order chi connectivity index (χ0) is 18.0. The van der Waals surface area contributed by atoms with E-state index in [-0.39, 0.29) is 5.91 Å². The molecule has 0 fully saturated rings. The van der Waals surface area contributed by atoms with Gasteiger partial charge in [0.1, 0.15) is 5.82 Å². The SMILES string of the molecule is CN(C)CCN(C(=O)c1cccc(F)c1)c1nc2ccc(Cl)cc2s1. The highest BCUT2D eigenvalue weighted by molar-refractivity contribution is 7.22. The van der Waals surface area contributed by atoms with E-state index >= 15 is 0 Å². The Bertz CT molecular complexity index is 912. The molecule has 0 aliphatic heterocycles. The molecule has 0 atom stereocenters. The highest BCUT2D eigenvalue weighted by Gasteiger charge is 2.21. The normalized spacial score (nSPS) is 11.2. The zero-order valence-corrected chi connectivity index (χ0v) is 15.4. The molecule has 0 radical (unpaired) electrons. The molecular formula is C18H17ClFN3OS. The fourth-order valence-corrected chi connectivity index (χ4v) is 3.63. The first-order valence-electron chi connectivity index (χ1n) is 7.72. The molecule has 1 heterocycles. The van der Waals surface area contributed by atoms with Crippen molar-refractivity contribution < 1.29 is 9.18 Å². The standard InChI is InChI=1S/C18H17ClFN3OS/c1-22(2)8-9-23(17(24)12-4-3-5-14(20)10-12)18-21-15-7-6-13(19)11-16(15)25-18/h3-7,10-11H,8-9H2,1-2H3. The number of fused-ring (bicyclic) bond motifs is 1. The molecule has 1 amide bonds. The maximum absolute atomic E-state index is 13.5. The Morgan fingerprint density at radius 3 is 2.72 bits per heavy atom. The number of benzene rings is 2. The van der Waals surface area contributed by atoms with Crippen LogP contribution >= 0.6 is 22.9 Å². The van der Waals surface area contributed by atoms with Crippen LogP contribution in [0.5, 0.6) is 0 Å². The number of nitrogens with zero attached hydrogens (tertiary/aromatic N) is 3. The number of carbonyl (C=O) groups is 1. The van der Waals surface area contributed by atoms with E-state index in [1.54, 1.807) is 17.0 Å². The Balaban J connectivity index is 1.99. The quantitative estimate of drug-likeness (QED) is 0.665. The Morgan fingerprint density at radius 1 is 1.20 bits per heavy atom. The molecule has 0 unspecified atom stereocenters. The smallest absolute Gasteiger partial charge is 0.260 e. The van der Waals surface area contributed by atoms with E-state index in [2.05, 4.69) is 4.98 Å². The van der Waals surface area contributed by atoms with E-state index in [0.717, 1.165) is 10.2 Å². The summed E-state index contributed by atoms with van der Waals surface area (Å²) in [7, 11) is 3.87. The lowest BCUT2D eigenvalue weighted by atomic mass is 10.2. The number of aromatic nitrogens is 1. The summed E-state index contributed by atoms with van der Waals surface area (Å²) in [5.41, 5.74) is 1.09. The lowest BCUT2D eigenvalue weighted by molar-refractivity contribution is 0.0985. The third-order valence-corrected chi connectivity index (χ3v) is 4.93. The van der Waals surface area contributed by atoms with Crippen LogP contribution in [0.25, 0.3) is 10.2 Å². The fraction of sp³-hybridized carbons (Fsp3) is 0.222. The van der Waals surface area contributed by atoms with Gasteiger partial charge in [-0.15, -0.1) is 0 Å². The number of rotatable bonds is 5. The topological polar surface area (TPSA) is 36.4 Å². The van der Waals surface area contributed by atoms with Crippen molar-refractivity contribution in [1.29, 1.82) is 0 Å². The molecule has 4 nitrogen and oxygen atoms in total. The zero-order valence-electron chi connectivity index (χ0n) is 13.9. The Morgan fingerprint density at radius 2 is 2.00 bits per heavy atom. The van der Waals surface area contributed by atoms with Crippen molar-refractivity contribution >= 4 is 44.2 Å². The molecule has 3 aromatic rings. The van der Waals surface area contributed by atoms with Crippen molar-refractivity contribution in [3.63, 3.8) is 0 Å². The largest absolute Gasteiger partial charge is 0.308 e.